The van der Waals surface area contributed by atoms with Gasteiger partial charge in [0.2, 0.25) is 0 Å². The van der Waals surface area contributed by atoms with Crippen LogP contribution in [0.25, 0.3) is 0 Å². The number of hydrogen-bond acceptors (Lipinski definition) is 4. The minimum atomic E-state index is -0.650. The van der Waals surface area contributed by atoms with Gasteiger partial charge in [-0.15, -0.1) is 0 Å². The first-order chi connectivity index (χ1) is 9.02. The maximum atomic E-state index is 12.4. The Balaban J connectivity index is 2.06. The Hall–Kier alpha value is -1.59. The van der Waals surface area contributed by atoms with Crippen LogP contribution in [0, 0.1) is 0 Å². The van der Waals surface area contributed by atoms with Gasteiger partial charge in [-0.3, -0.25) is 10.6 Å². The highest BCUT2D eigenvalue weighted by molar-refractivity contribution is 5.94. The van der Waals surface area contributed by atoms with Crippen molar-refractivity contribution in [3.8, 4) is 0 Å². The third-order valence-electron chi connectivity index (χ3n) is 3.65. The summed E-state index contributed by atoms with van der Waals surface area (Å²) in [4.78, 5) is 14.2. The van der Waals surface area contributed by atoms with Crippen molar-refractivity contribution in [1.82, 2.24) is 4.90 Å². The SMILES string of the molecule is CC1(O)CCCN(C(=O)c2ccc(NN)cc2)CC1. The molecule has 5 heteroatoms. The predicted octanol–water partition coefficient (Wildman–Crippen LogP) is 1.35. The highest BCUT2D eigenvalue weighted by Crippen LogP contribution is 2.22. The van der Waals surface area contributed by atoms with Gasteiger partial charge >= 0.3 is 0 Å². The van der Waals surface area contributed by atoms with Crippen molar-refractivity contribution in [3.63, 3.8) is 0 Å². The second kappa shape index (κ2) is 5.59. The van der Waals surface area contributed by atoms with Crippen molar-refractivity contribution in [3.05, 3.63) is 29.8 Å². The van der Waals surface area contributed by atoms with E-state index in [-0.39, 0.29) is 5.91 Å². The molecule has 1 aliphatic heterocycles. The standard InChI is InChI=1S/C14H21N3O2/c1-14(19)7-2-9-17(10-8-14)13(18)11-3-5-12(16-15)6-4-11/h3-6,16,19H,2,7-10,15H2,1H3. The Morgan fingerprint density at radius 3 is 2.63 bits per heavy atom. The van der Waals surface area contributed by atoms with Crippen molar-refractivity contribution >= 4 is 11.6 Å². The van der Waals surface area contributed by atoms with E-state index in [0.717, 1.165) is 18.5 Å². The lowest BCUT2D eigenvalue weighted by Crippen LogP contribution is -2.33. The van der Waals surface area contributed by atoms with E-state index < -0.39 is 5.60 Å². The van der Waals surface area contributed by atoms with E-state index in [2.05, 4.69) is 5.43 Å². The molecule has 5 nitrogen and oxygen atoms in total. The quantitative estimate of drug-likeness (QED) is 0.556. The molecule has 0 radical (unpaired) electrons. The second-order valence-corrected chi connectivity index (χ2v) is 5.36. The second-order valence-electron chi connectivity index (χ2n) is 5.36. The Morgan fingerprint density at radius 2 is 2.00 bits per heavy atom. The number of aliphatic hydroxyl groups is 1. The fourth-order valence-electron chi connectivity index (χ4n) is 2.36. The van der Waals surface area contributed by atoms with Gasteiger partial charge in [-0.05, 0) is 50.5 Å². The summed E-state index contributed by atoms with van der Waals surface area (Å²) in [5.41, 5.74) is 3.31. The van der Waals surface area contributed by atoms with E-state index in [1.807, 2.05) is 11.8 Å². The zero-order valence-electron chi connectivity index (χ0n) is 11.2. The van der Waals surface area contributed by atoms with Crippen molar-refractivity contribution < 1.29 is 9.90 Å². The molecule has 0 spiro atoms. The summed E-state index contributed by atoms with van der Waals surface area (Å²) < 4.78 is 0. The average molecular weight is 263 g/mol. The molecule has 1 amide bonds. The third kappa shape index (κ3) is 3.45. The first-order valence-electron chi connectivity index (χ1n) is 6.60. The lowest BCUT2D eigenvalue weighted by Gasteiger charge is -2.22. The molecule has 1 atom stereocenters. The van der Waals surface area contributed by atoms with Crippen molar-refractivity contribution in [2.45, 2.75) is 31.8 Å². The number of anilines is 1. The number of nitrogens with zero attached hydrogens (tertiary/aromatic N) is 1. The van der Waals surface area contributed by atoms with Crippen LogP contribution in [-0.2, 0) is 0 Å². The summed E-state index contributed by atoms with van der Waals surface area (Å²) in [5.74, 6) is 5.31. The van der Waals surface area contributed by atoms with Crippen LogP contribution >= 0.6 is 0 Å². The van der Waals surface area contributed by atoms with Crippen molar-refractivity contribution in [1.29, 1.82) is 0 Å². The van der Waals surface area contributed by atoms with E-state index in [9.17, 15) is 9.90 Å². The van der Waals surface area contributed by atoms with Gasteiger partial charge in [0.25, 0.3) is 5.91 Å². The molecule has 19 heavy (non-hydrogen) atoms. The number of benzene rings is 1. The Bertz CT molecular complexity index is 443. The van der Waals surface area contributed by atoms with Gasteiger partial charge in [0.15, 0.2) is 0 Å². The summed E-state index contributed by atoms with van der Waals surface area (Å²) in [6, 6.07) is 7.09. The van der Waals surface area contributed by atoms with Gasteiger partial charge in [-0.2, -0.15) is 0 Å². The van der Waals surface area contributed by atoms with Gasteiger partial charge in [0.05, 0.1) is 5.60 Å². The monoisotopic (exact) mass is 263 g/mol. The lowest BCUT2D eigenvalue weighted by molar-refractivity contribution is 0.0438. The van der Waals surface area contributed by atoms with Crippen LogP contribution in [0.1, 0.15) is 36.5 Å². The van der Waals surface area contributed by atoms with Gasteiger partial charge in [0.1, 0.15) is 0 Å². The number of hydrazine groups is 1. The van der Waals surface area contributed by atoms with Crippen molar-refractivity contribution in [2.75, 3.05) is 18.5 Å². The summed E-state index contributed by atoms with van der Waals surface area (Å²) in [7, 11) is 0. The molecule has 104 valence electrons. The van der Waals surface area contributed by atoms with Gasteiger partial charge in [-0.25, -0.2) is 0 Å². The molecule has 4 N–H and O–H groups in total. The molecule has 1 heterocycles. The summed E-state index contributed by atoms with van der Waals surface area (Å²) in [5, 5.41) is 10.0. The fraction of sp³-hybridized carbons (Fsp3) is 0.500. The Labute approximate surface area is 113 Å². The van der Waals surface area contributed by atoms with Gasteiger partial charge < -0.3 is 15.4 Å². The molecule has 1 unspecified atom stereocenters. The zero-order valence-corrected chi connectivity index (χ0v) is 11.2. The number of nitrogens with two attached hydrogens (primary N) is 1. The molecule has 0 aromatic heterocycles. The number of carbonyl (C=O) groups excluding carboxylic acids is 1. The molecule has 1 aromatic rings. The Kier molecular flexibility index (Phi) is 4.07. The van der Waals surface area contributed by atoms with Crippen LogP contribution in [0.15, 0.2) is 24.3 Å². The number of hydrogen-bond donors (Lipinski definition) is 3. The maximum Gasteiger partial charge on any atom is 0.253 e. The normalized spacial score (nSPS) is 23.8. The minimum Gasteiger partial charge on any atom is -0.390 e. The largest absolute Gasteiger partial charge is 0.390 e. The number of nitrogens with one attached hydrogen (secondary N) is 1. The first-order valence-corrected chi connectivity index (χ1v) is 6.60. The lowest BCUT2D eigenvalue weighted by atomic mass is 9.98. The first kappa shape index (κ1) is 13.8. The molecule has 1 saturated heterocycles. The molecule has 1 aromatic carbocycles. The maximum absolute atomic E-state index is 12.4. The number of rotatable bonds is 2. The topological polar surface area (TPSA) is 78.6 Å². The van der Waals surface area contributed by atoms with Crippen LogP contribution in [0.2, 0.25) is 0 Å². The Morgan fingerprint density at radius 1 is 1.32 bits per heavy atom. The molecule has 2 rings (SSSR count). The van der Waals surface area contributed by atoms with E-state index in [0.29, 0.717) is 25.1 Å². The van der Waals surface area contributed by atoms with Gasteiger partial charge in [0, 0.05) is 24.3 Å². The number of amides is 1. The summed E-state index contributed by atoms with van der Waals surface area (Å²) in [6.07, 6.45) is 2.20. The predicted molar refractivity (Wildman–Crippen MR) is 74.6 cm³/mol. The van der Waals surface area contributed by atoms with Crippen LogP contribution in [0.5, 0.6) is 0 Å². The van der Waals surface area contributed by atoms with E-state index in [4.69, 9.17) is 5.84 Å². The number of carbonyl (C=O) groups is 1. The summed E-state index contributed by atoms with van der Waals surface area (Å²) in [6.45, 7) is 3.14. The van der Waals surface area contributed by atoms with Crippen LogP contribution in [-0.4, -0.2) is 34.6 Å². The molecule has 1 aliphatic rings. The number of nitrogen functional groups attached to an aromatic ring is 1. The van der Waals surface area contributed by atoms with Crippen LogP contribution in [0.3, 0.4) is 0 Å². The van der Waals surface area contributed by atoms with Crippen LogP contribution in [0.4, 0.5) is 5.69 Å². The highest BCUT2D eigenvalue weighted by Gasteiger charge is 2.27. The molecule has 1 fully saturated rings. The minimum absolute atomic E-state index is 0.0151. The molecule has 0 bridgehead atoms. The molecule has 0 saturated carbocycles. The molecular weight excluding hydrogens is 242 g/mol. The molecule has 0 aliphatic carbocycles. The van der Waals surface area contributed by atoms with E-state index >= 15 is 0 Å². The van der Waals surface area contributed by atoms with E-state index in [1.165, 1.54) is 0 Å². The summed E-state index contributed by atoms with van der Waals surface area (Å²) >= 11 is 0. The average Bonchev–Trinajstić information content (AvgIpc) is 2.59. The smallest absolute Gasteiger partial charge is 0.253 e. The van der Waals surface area contributed by atoms with Gasteiger partial charge in [-0.1, -0.05) is 0 Å². The zero-order chi connectivity index (χ0) is 13.9. The number of likely N-dealkylation sites (tertiary alicyclic amines) is 1. The van der Waals surface area contributed by atoms with Crippen molar-refractivity contribution in [2.24, 2.45) is 5.84 Å². The third-order valence-corrected chi connectivity index (χ3v) is 3.65. The fourth-order valence-corrected chi connectivity index (χ4v) is 2.36. The highest BCUT2D eigenvalue weighted by atomic mass is 16.3. The van der Waals surface area contributed by atoms with E-state index in [1.54, 1.807) is 24.3 Å². The van der Waals surface area contributed by atoms with Crippen LogP contribution < -0.4 is 11.3 Å². The molecular formula is C14H21N3O2.